The second-order valence-corrected chi connectivity index (χ2v) is 4.59. The minimum Gasteiger partial charge on any atom is -0.613 e. The average molecular weight is 220 g/mol. The molecule has 0 saturated heterocycles. The number of quaternary nitrogens is 1. The molecule has 1 aromatic carbocycles. The van der Waals surface area contributed by atoms with Crippen molar-refractivity contribution in [3.8, 4) is 0 Å². The van der Waals surface area contributed by atoms with Gasteiger partial charge in [0.15, 0.2) is 5.70 Å². The summed E-state index contributed by atoms with van der Waals surface area (Å²) in [5.41, 5.74) is 0.921. The van der Waals surface area contributed by atoms with Crippen molar-refractivity contribution in [1.82, 2.24) is 0 Å². The summed E-state index contributed by atoms with van der Waals surface area (Å²) >= 11 is 0.766. The summed E-state index contributed by atoms with van der Waals surface area (Å²) in [6.45, 7) is 1.76. The van der Waals surface area contributed by atoms with Gasteiger partial charge < -0.3 is 10.4 Å². The van der Waals surface area contributed by atoms with Gasteiger partial charge in [0, 0.05) is 16.5 Å². The number of benzene rings is 1. The van der Waals surface area contributed by atoms with Crippen LogP contribution in [-0.4, -0.2) is 4.21 Å². The van der Waals surface area contributed by atoms with Crippen LogP contribution in [0.2, 0.25) is 0 Å². The van der Waals surface area contributed by atoms with Gasteiger partial charge in [-0.15, -0.1) is 0 Å². The maximum absolute atomic E-state index is 11.7. The molecule has 0 radical (unpaired) electrons. The Balaban J connectivity index is 2.45. The van der Waals surface area contributed by atoms with E-state index in [1.165, 1.54) is 0 Å². The highest BCUT2D eigenvalue weighted by molar-refractivity contribution is 7.98. The van der Waals surface area contributed by atoms with Crippen LogP contribution in [0, 0.1) is 10.4 Å². The molecule has 0 atom stereocenters. The average Bonchev–Trinajstić information content (AvgIpc) is 2.17. The smallest absolute Gasteiger partial charge is 0.152 e. The maximum atomic E-state index is 11.7. The summed E-state index contributed by atoms with van der Waals surface area (Å²) in [5.74, 6) is 0. The third kappa shape index (κ3) is 2.13. The van der Waals surface area contributed by atoms with E-state index in [2.05, 4.69) is 0 Å². The molecule has 0 aromatic heterocycles. The molecule has 0 unspecified atom stereocenters. The number of rotatable bonds is 1. The van der Waals surface area contributed by atoms with Crippen LogP contribution in [0.3, 0.4) is 0 Å². The third-order valence-electron chi connectivity index (χ3n) is 2.10. The Labute approximate surface area is 92.6 Å². The van der Waals surface area contributed by atoms with Gasteiger partial charge in [0.1, 0.15) is 11.9 Å². The lowest BCUT2D eigenvalue weighted by atomic mass is 10.1. The lowest BCUT2D eigenvalue weighted by Gasteiger charge is -2.46. The normalized spacial score (nSPS) is 19.4. The maximum Gasteiger partial charge on any atom is 0.152 e. The zero-order valence-electron chi connectivity index (χ0n) is 8.21. The standard InChI is InChI=1S/C11H10NO2S/c1-9-7-8-11(12(13,14)15-9)10-5-3-2-4-6-10/h2-8H,1H3/q-1. The molecule has 0 saturated carbocycles. The summed E-state index contributed by atoms with van der Waals surface area (Å²) in [6, 6.07) is 9.01. The summed E-state index contributed by atoms with van der Waals surface area (Å²) in [7, 11) is 0. The molecule has 0 fully saturated rings. The van der Waals surface area contributed by atoms with Gasteiger partial charge in [0.2, 0.25) is 0 Å². The largest absolute Gasteiger partial charge is 0.613 e. The van der Waals surface area contributed by atoms with Crippen LogP contribution in [-0.2, 0) is 0 Å². The summed E-state index contributed by atoms with van der Waals surface area (Å²) in [4.78, 5) is 0.736. The van der Waals surface area contributed by atoms with Gasteiger partial charge in [-0.25, -0.2) is 0 Å². The zero-order chi connectivity index (χ0) is 10.9. The second kappa shape index (κ2) is 3.83. The quantitative estimate of drug-likeness (QED) is 0.414. The lowest BCUT2D eigenvalue weighted by molar-refractivity contribution is -0.593. The first-order chi connectivity index (χ1) is 7.09. The minimum absolute atomic E-state index is 0.242. The number of hydrogen-bond acceptors (Lipinski definition) is 3. The highest BCUT2D eigenvalue weighted by Crippen LogP contribution is 2.40. The van der Waals surface area contributed by atoms with Gasteiger partial charge >= 0.3 is 0 Å². The molecule has 0 aliphatic carbocycles. The number of hydrogen-bond donors (Lipinski definition) is 0. The number of hydroxylamine groups is 2. The molecule has 3 nitrogen and oxygen atoms in total. The van der Waals surface area contributed by atoms with Crippen LogP contribution in [0.25, 0.3) is 5.70 Å². The molecule has 1 aliphatic heterocycles. The highest BCUT2D eigenvalue weighted by Gasteiger charge is 2.21. The van der Waals surface area contributed by atoms with E-state index in [0.29, 0.717) is 5.56 Å². The molecule has 0 spiro atoms. The molecule has 0 amide bonds. The lowest BCUT2D eigenvalue weighted by Crippen LogP contribution is -2.26. The van der Waals surface area contributed by atoms with E-state index in [0.717, 1.165) is 16.9 Å². The SMILES string of the molecule is CC1=CC=C(c2ccccc2)[N+]([O-])([O-])S1. The fraction of sp³-hybridized carbons (Fsp3) is 0.0909. The number of allylic oxidation sites excluding steroid dienone is 3. The van der Waals surface area contributed by atoms with E-state index in [1.54, 1.807) is 31.2 Å². The molecule has 0 N–H and O–H groups in total. The van der Waals surface area contributed by atoms with Crippen LogP contribution in [0.15, 0.2) is 47.4 Å². The summed E-state index contributed by atoms with van der Waals surface area (Å²) < 4.78 is -1.65. The van der Waals surface area contributed by atoms with Crippen LogP contribution in [0.5, 0.6) is 0 Å². The van der Waals surface area contributed by atoms with Gasteiger partial charge in [-0.2, -0.15) is 0 Å². The van der Waals surface area contributed by atoms with Crippen LogP contribution in [0.1, 0.15) is 12.5 Å². The fourth-order valence-electron chi connectivity index (χ4n) is 1.42. The molecule has 1 aliphatic rings. The van der Waals surface area contributed by atoms with Crippen molar-refractivity contribution in [1.29, 1.82) is 0 Å². The first-order valence-corrected chi connectivity index (χ1v) is 5.32. The topological polar surface area (TPSA) is 46.1 Å². The van der Waals surface area contributed by atoms with Crippen molar-refractivity contribution in [2.75, 3.05) is 0 Å². The Bertz CT molecular complexity index is 423. The van der Waals surface area contributed by atoms with Gasteiger partial charge in [-0.1, -0.05) is 18.2 Å². The zero-order valence-corrected chi connectivity index (χ0v) is 9.03. The molecular formula is C11H10NO2S-. The van der Waals surface area contributed by atoms with Gasteiger partial charge in [-0.05, 0) is 25.1 Å². The van der Waals surface area contributed by atoms with Crippen molar-refractivity contribution in [2.45, 2.75) is 6.92 Å². The van der Waals surface area contributed by atoms with E-state index in [1.807, 2.05) is 18.2 Å². The van der Waals surface area contributed by atoms with Gasteiger partial charge in [0.25, 0.3) is 0 Å². The Kier molecular flexibility index (Phi) is 2.67. The van der Waals surface area contributed by atoms with Crippen LogP contribution < -0.4 is 0 Å². The van der Waals surface area contributed by atoms with E-state index in [-0.39, 0.29) is 5.70 Å². The highest BCUT2D eigenvalue weighted by atomic mass is 32.2. The van der Waals surface area contributed by atoms with Crippen molar-refractivity contribution in [2.24, 2.45) is 0 Å². The van der Waals surface area contributed by atoms with Crippen molar-refractivity contribution in [3.05, 3.63) is 63.4 Å². The van der Waals surface area contributed by atoms with Crippen molar-refractivity contribution < 1.29 is 4.21 Å². The van der Waals surface area contributed by atoms with Crippen molar-refractivity contribution >= 4 is 17.6 Å². The molecular weight excluding hydrogens is 210 g/mol. The third-order valence-corrected chi connectivity index (χ3v) is 2.97. The fourth-order valence-corrected chi connectivity index (χ4v) is 2.19. The molecule has 15 heavy (non-hydrogen) atoms. The van der Waals surface area contributed by atoms with Crippen molar-refractivity contribution in [3.63, 3.8) is 0 Å². The number of nitrogens with zero attached hydrogens (tertiary/aromatic N) is 1. The predicted octanol–water partition coefficient (Wildman–Crippen LogP) is 3.41. The van der Waals surface area contributed by atoms with E-state index in [9.17, 15) is 10.4 Å². The monoisotopic (exact) mass is 220 g/mol. The first-order valence-electron chi connectivity index (χ1n) is 4.55. The Morgan fingerprint density at radius 2 is 1.73 bits per heavy atom. The molecule has 2 rings (SSSR count). The Morgan fingerprint density at radius 3 is 2.33 bits per heavy atom. The minimum atomic E-state index is -1.65. The van der Waals surface area contributed by atoms with Gasteiger partial charge in [-0.3, -0.25) is 4.21 Å². The molecule has 4 heteroatoms. The Morgan fingerprint density at radius 1 is 1.07 bits per heavy atom. The summed E-state index contributed by atoms with van der Waals surface area (Å²) in [6.07, 6.45) is 3.39. The Hall–Kier alpha value is -1.07. The molecule has 0 bridgehead atoms. The van der Waals surface area contributed by atoms with Gasteiger partial charge in [0.05, 0.1) is 0 Å². The van der Waals surface area contributed by atoms with E-state index in [4.69, 9.17) is 0 Å². The van der Waals surface area contributed by atoms with Crippen LogP contribution >= 0.6 is 11.9 Å². The second-order valence-electron chi connectivity index (χ2n) is 3.28. The predicted molar refractivity (Wildman–Crippen MR) is 62.8 cm³/mol. The van der Waals surface area contributed by atoms with Crippen LogP contribution in [0.4, 0.5) is 0 Å². The molecule has 78 valence electrons. The van der Waals surface area contributed by atoms with E-state index < -0.39 is 4.21 Å². The van der Waals surface area contributed by atoms with E-state index >= 15 is 0 Å². The summed E-state index contributed by atoms with van der Waals surface area (Å²) in [5, 5.41) is 23.4. The molecule has 1 aromatic rings. The first kappa shape index (κ1) is 10.4. The molecule has 1 heterocycles.